The van der Waals surface area contributed by atoms with E-state index in [4.69, 9.17) is 33.5 Å². The fourth-order valence-electron chi connectivity index (χ4n) is 5.91. The Hall–Kier alpha value is -4.94. The van der Waals surface area contributed by atoms with Crippen LogP contribution in [-0.4, -0.2) is 107 Å². The fourth-order valence-corrected chi connectivity index (χ4v) is 6.92. The van der Waals surface area contributed by atoms with Gasteiger partial charge in [0.05, 0.1) is 43.5 Å². The molecule has 3 N–H and O–H groups in total. The van der Waals surface area contributed by atoms with Gasteiger partial charge in [-0.25, -0.2) is 18.2 Å². The molecule has 0 aliphatic carbocycles. The normalized spacial score (nSPS) is 11.5. The van der Waals surface area contributed by atoms with Crippen molar-refractivity contribution in [3.05, 3.63) is 83.6 Å². The molecule has 0 saturated carbocycles. The van der Waals surface area contributed by atoms with E-state index in [0.29, 0.717) is 25.9 Å². The highest BCUT2D eigenvalue weighted by Crippen LogP contribution is 2.20. The van der Waals surface area contributed by atoms with E-state index in [-0.39, 0.29) is 87.4 Å². The molecule has 63 heavy (non-hydrogen) atoms. The molecule has 0 aliphatic heterocycles. The molecule has 3 rings (SSSR count). The molecule has 0 unspecified atom stereocenters. The lowest BCUT2D eigenvalue weighted by molar-refractivity contribution is -0.155. The van der Waals surface area contributed by atoms with Crippen LogP contribution < -0.4 is 14.8 Å². The van der Waals surface area contributed by atoms with E-state index in [1.54, 1.807) is 12.1 Å². The summed E-state index contributed by atoms with van der Waals surface area (Å²) < 4.78 is 60.7. The number of aliphatic carboxylic acids is 1. The zero-order valence-electron chi connectivity index (χ0n) is 36.9. The van der Waals surface area contributed by atoms with Crippen molar-refractivity contribution < 1.29 is 61.1 Å². The number of benzene rings is 2. The van der Waals surface area contributed by atoms with Crippen LogP contribution in [-0.2, 0) is 61.1 Å². The van der Waals surface area contributed by atoms with E-state index >= 15 is 0 Å². The molecule has 348 valence electrons. The molecule has 0 saturated heterocycles. The maximum Gasteiger partial charge on any atom is 0.329 e. The third kappa shape index (κ3) is 24.5. The number of ether oxygens (including phenoxy) is 6. The molecule has 1 aromatic heterocycles. The average molecular weight is 900 g/mol. The zero-order chi connectivity index (χ0) is 45.8. The molecule has 16 nitrogen and oxygen atoms in total. The third-order valence-electron chi connectivity index (χ3n) is 9.10. The third-order valence-corrected chi connectivity index (χ3v) is 10.5. The van der Waals surface area contributed by atoms with E-state index in [0.717, 1.165) is 49.8 Å². The van der Waals surface area contributed by atoms with Crippen molar-refractivity contribution in [3.63, 3.8) is 0 Å². The van der Waals surface area contributed by atoms with E-state index in [1.807, 2.05) is 32.9 Å². The SMILES string of the molecule is CC(C)(C)OC(=O)CCCCCCCCCc1ccc(OCc2ccc(S(=O)(=O)Nc3ccc(C(=O)NCCOCCOCC(=O)CCCOCCOCC(=O)O)cn3)cc2)cc1. The summed E-state index contributed by atoms with van der Waals surface area (Å²) in [5, 5.41) is 11.2. The lowest BCUT2D eigenvalue weighted by atomic mass is 10.0. The number of anilines is 1. The average Bonchev–Trinajstić information content (AvgIpc) is 3.24. The van der Waals surface area contributed by atoms with E-state index in [1.165, 1.54) is 48.9 Å². The van der Waals surface area contributed by atoms with Crippen LogP contribution in [0, 0.1) is 0 Å². The maximum atomic E-state index is 13.0. The number of aryl methyl sites for hydroxylation is 1. The minimum Gasteiger partial charge on any atom is -0.489 e. The smallest absolute Gasteiger partial charge is 0.329 e. The van der Waals surface area contributed by atoms with Crippen LogP contribution in [0.25, 0.3) is 0 Å². The molecule has 0 aliphatic rings. The van der Waals surface area contributed by atoms with Gasteiger partial charge in [0, 0.05) is 32.2 Å². The van der Waals surface area contributed by atoms with Crippen molar-refractivity contribution >= 4 is 39.5 Å². The summed E-state index contributed by atoms with van der Waals surface area (Å²) in [5.41, 5.74) is 1.87. The van der Waals surface area contributed by atoms with Crippen LogP contribution in [0.3, 0.4) is 0 Å². The van der Waals surface area contributed by atoms with Gasteiger partial charge >= 0.3 is 11.9 Å². The molecule has 17 heteroatoms. The zero-order valence-corrected chi connectivity index (χ0v) is 37.7. The molecule has 1 heterocycles. The number of carboxylic acid groups (broad SMARTS) is 1. The number of hydrogen-bond acceptors (Lipinski definition) is 13. The van der Waals surface area contributed by atoms with Gasteiger partial charge in [0.25, 0.3) is 15.9 Å². The lowest BCUT2D eigenvalue weighted by Gasteiger charge is -2.19. The second kappa shape index (κ2) is 29.4. The summed E-state index contributed by atoms with van der Waals surface area (Å²) in [6.07, 6.45) is 11.3. The van der Waals surface area contributed by atoms with Gasteiger partial charge in [-0.05, 0) is 94.0 Å². The van der Waals surface area contributed by atoms with Crippen molar-refractivity contribution in [2.75, 3.05) is 64.1 Å². The van der Waals surface area contributed by atoms with E-state index in [2.05, 4.69) is 27.2 Å². The van der Waals surface area contributed by atoms with Crippen LogP contribution in [0.5, 0.6) is 5.75 Å². The molecule has 0 fully saturated rings. The highest BCUT2D eigenvalue weighted by atomic mass is 32.2. The maximum absolute atomic E-state index is 13.0. The van der Waals surface area contributed by atoms with Gasteiger partial charge in [-0.15, -0.1) is 0 Å². The molecule has 1 amide bonds. The number of rotatable bonds is 34. The molecular weight excluding hydrogens is 835 g/mol. The van der Waals surface area contributed by atoms with Gasteiger partial charge in [-0.3, -0.25) is 19.1 Å². The van der Waals surface area contributed by atoms with Crippen LogP contribution >= 0.6 is 0 Å². The predicted molar refractivity (Wildman–Crippen MR) is 236 cm³/mol. The van der Waals surface area contributed by atoms with Crippen molar-refractivity contribution in [1.29, 1.82) is 0 Å². The van der Waals surface area contributed by atoms with Crippen LogP contribution in [0.15, 0.2) is 71.8 Å². The number of carboxylic acids is 1. The van der Waals surface area contributed by atoms with Crippen molar-refractivity contribution in [2.45, 2.75) is 109 Å². The number of sulfonamides is 1. The van der Waals surface area contributed by atoms with Crippen LogP contribution in [0.1, 0.15) is 106 Å². The number of carbonyl (C=O) groups is 4. The first-order valence-electron chi connectivity index (χ1n) is 21.5. The summed E-state index contributed by atoms with van der Waals surface area (Å²) in [6, 6.07) is 17.3. The first-order valence-corrected chi connectivity index (χ1v) is 23.0. The summed E-state index contributed by atoms with van der Waals surface area (Å²) >= 11 is 0. The van der Waals surface area contributed by atoms with Gasteiger partial charge in [0.1, 0.15) is 37.0 Å². The van der Waals surface area contributed by atoms with Crippen molar-refractivity contribution in [1.82, 2.24) is 10.3 Å². The molecule has 0 bridgehead atoms. The Bertz CT molecular complexity index is 1900. The molecular formula is C46H65N3O13S. The Balaban J connectivity index is 1.23. The lowest BCUT2D eigenvalue weighted by Crippen LogP contribution is -2.28. The number of pyridine rings is 1. The van der Waals surface area contributed by atoms with Gasteiger partial charge < -0.3 is 38.8 Å². The monoisotopic (exact) mass is 899 g/mol. The van der Waals surface area contributed by atoms with E-state index in [9.17, 15) is 27.6 Å². The van der Waals surface area contributed by atoms with Gasteiger partial charge in [0.2, 0.25) is 0 Å². The summed E-state index contributed by atoms with van der Waals surface area (Å²) in [6.45, 7) is 7.16. The first-order chi connectivity index (χ1) is 30.2. The highest BCUT2D eigenvalue weighted by molar-refractivity contribution is 7.92. The first kappa shape index (κ1) is 52.4. The molecule has 0 spiro atoms. The second-order valence-corrected chi connectivity index (χ2v) is 17.5. The predicted octanol–water partition coefficient (Wildman–Crippen LogP) is 6.70. The number of carbonyl (C=O) groups excluding carboxylic acids is 3. The number of esters is 1. The number of hydrogen-bond donors (Lipinski definition) is 3. The number of Topliss-reactive ketones (excluding diaryl/α,β-unsaturated/α-hetero) is 1. The van der Waals surface area contributed by atoms with Gasteiger partial charge in [0.15, 0.2) is 5.78 Å². The minimum absolute atomic E-state index is 0.0500. The fraction of sp³-hybridized carbons (Fsp3) is 0.543. The minimum atomic E-state index is -3.94. The number of nitrogens with zero attached hydrogens (tertiary/aromatic N) is 1. The van der Waals surface area contributed by atoms with Crippen LogP contribution in [0.2, 0.25) is 0 Å². The van der Waals surface area contributed by atoms with Crippen LogP contribution in [0.4, 0.5) is 5.82 Å². The van der Waals surface area contributed by atoms with E-state index < -0.39 is 27.5 Å². The molecule has 0 atom stereocenters. The Morgan fingerprint density at radius 2 is 1.29 bits per heavy atom. The number of ketones is 1. The summed E-state index contributed by atoms with van der Waals surface area (Å²) in [4.78, 5) is 50.7. The van der Waals surface area contributed by atoms with Crippen molar-refractivity contribution in [2.24, 2.45) is 0 Å². The Kier molecular flexibility index (Phi) is 24.5. The highest BCUT2D eigenvalue weighted by Gasteiger charge is 2.17. The topological polar surface area (TPSA) is 215 Å². The second-order valence-electron chi connectivity index (χ2n) is 15.8. The number of amides is 1. The quantitative estimate of drug-likeness (QED) is 0.0421. The number of nitrogens with one attached hydrogen (secondary N) is 2. The van der Waals surface area contributed by atoms with Gasteiger partial charge in [-0.1, -0.05) is 56.4 Å². The van der Waals surface area contributed by atoms with Gasteiger partial charge in [-0.2, -0.15) is 0 Å². The Morgan fingerprint density at radius 3 is 1.94 bits per heavy atom. The summed E-state index contributed by atoms with van der Waals surface area (Å²) in [5.74, 6) is -0.858. The largest absolute Gasteiger partial charge is 0.489 e. The number of aromatic nitrogens is 1. The molecule has 0 radical (unpaired) electrons. The Morgan fingerprint density at radius 1 is 0.667 bits per heavy atom. The number of unbranched alkanes of at least 4 members (excludes halogenated alkanes) is 6. The van der Waals surface area contributed by atoms with Crippen molar-refractivity contribution in [3.8, 4) is 5.75 Å². The molecule has 2 aromatic carbocycles. The summed E-state index contributed by atoms with van der Waals surface area (Å²) in [7, 11) is -3.94. The Labute approximate surface area is 371 Å². The molecule has 3 aromatic rings. The standard InChI is InChI=1S/C46H65N3O13S/c1-46(2,3)62-44(53)14-10-8-6-4-5-7-9-12-36-15-20-40(21-16-36)61-33-37-17-22-41(23-18-37)63(55,56)49-42-24-19-38(32-48-42)45(54)47-25-27-58-29-30-59-34-39(50)13-11-26-57-28-31-60-35-43(51)52/h15-24,32H,4-14,25-31,33-35H2,1-3H3,(H,47,54)(H,48,49)(H,51,52).